The van der Waals surface area contributed by atoms with E-state index in [1.54, 1.807) is 24.8 Å². The first-order chi connectivity index (χ1) is 9.99. The van der Waals surface area contributed by atoms with Gasteiger partial charge in [0.25, 0.3) is 0 Å². The third kappa shape index (κ3) is 4.48. The molecule has 0 amide bonds. The molecule has 0 aliphatic carbocycles. The molecule has 0 aliphatic heterocycles. The van der Waals surface area contributed by atoms with E-state index in [4.69, 9.17) is 4.99 Å². The van der Waals surface area contributed by atoms with Crippen LogP contribution in [0.3, 0.4) is 0 Å². The minimum Gasteiger partial charge on any atom is -0.261 e. The Morgan fingerprint density at radius 1 is 1.00 bits per heavy atom. The molecule has 0 radical (unpaired) electrons. The van der Waals surface area contributed by atoms with E-state index in [0.717, 1.165) is 11.4 Å². The Morgan fingerprint density at radius 2 is 1.59 bits per heavy atom. The van der Waals surface area contributed by atoms with Crippen molar-refractivity contribution in [3.63, 3.8) is 0 Å². The summed E-state index contributed by atoms with van der Waals surface area (Å²) in [6.07, 6.45) is 6.88. The summed E-state index contributed by atoms with van der Waals surface area (Å²) in [5.74, 6) is 0.882. The molecular weight excluding hydrogens is 317 g/mol. The van der Waals surface area contributed by atoms with Gasteiger partial charge in [-0.2, -0.15) is 0 Å². The van der Waals surface area contributed by atoms with Crippen LogP contribution in [0.1, 0.15) is 61.9 Å². The fourth-order valence-electron chi connectivity index (χ4n) is 2.37. The van der Waals surface area contributed by atoms with Gasteiger partial charge in [-0.3, -0.25) is 15.0 Å². The molecule has 2 aromatic rings. The quantitative estimate of drug-likeness (QED) is 0.593. The van der Waals surface area contributed by atoms with Crippen LogP contribution >= 0.6 is 0 Å². The Morgan fingerprint density at radius 3 is 2.05 bits per heavy atom. The second-order valence-electron chi connectivity index (χ2n) is 5.99. The van der Waals surface area contributed by atoms with Crippen molar-refractivity contribution in [3.8, 4) is 0 Å². The van der Waals surface area contributed by atoms with E-state index >= 15 is 0 Å². The molecule has 0 bridgehead atoms. The van der Waals surface area contributed by atoms with Gasteiger partial charge in [-0.15, -0.1) is 0 Å². The van der Waals surface area contributed by atoms with Gasteiger partial charge in [0, 0.05) is 28.9 Å². The van der Waals surface area contributed by atoms with Crippen LogP contribution in [-0.4, -0.2) is 16.2 Å². The summed E-state index contributed by atoms with van der Waals surface area (Å²) in [5.41, 5.74) is 5.73. The molecule has 1 aromatic heterocycles. The molecular formula is C18H23N3Ni. The molecule has 0 fully saturated rings. The van der Waals surface area contributed by atoms with Crippen molar-refractivity contribution in [1.82, 2.24) is 9.97 Å². The largest absolute Gasteiger partial charge is 0.261 e. The summed E-state index contributed by atoms with van der Waals surface area (Å²) in [4.78, 5) is 13.1. The number of aromatic nitrogens is 2. The predicted molar refractivity (Wildman–Crippen MR) is 88.6 cm³/mol. The van der Waals surface area contributed by atoms with E-state index in [9.17, 15) is 0 Å². The molecule has 0 saturated heterocycles. The van der Waals surface area contributed by atoms with Crippen molar-refractivity contribution in [2.45, 2.75) is 46.5 Å². The average Bonchev–Trinajstić information content (AvgIpc) is 2.46. The maximum Gasteiger partial charge on any atom is 0.0995 e. The third-order valence-corrected chi connectivity index (χ3v) is 3.47. The van der Waals surface area contributed by atoms with Crippen molar-refractivity contribution >= 4 is 11.9 Å². The number of hydrogen-bond acceptors (Lipinski definition) is 3. The van der Waals surface area contributed by atoms with E-state index in [1.165, 1.54) is 16.7 Å². The second-order valence-corrected chi connectivity index (χ2v) is 5.99. The average molecular weight is 340 g/mol. The summed E-state index contributed by atoms with van der Waals surface area (Å²) < 4.78 is 0. The molecule has 4 heteroatoms. The van der Waals surface area contributed by atoms with Gasteiger partial charge in [-0.05, 0) is 29.9 Å². The molecule has 0 N–H and O–H groups in total. The van der Waals surface area contributed by atoms with Crippen LogP contribution in [0.25, 0.3) is 0 Å². The summed E-state index contributed by atoms with van der Waals surface area (Å²) in [6, 6.07) is 4.47. The van der Waals surface area contributed by atoms with Crippen LogP contribution < -0.4 is 0 Å². The first-order valence-corrected chi connectivity index (χ1v) is 7.43. The Hall–Kier alpha value is -1.54. The minimum atomic E-state index is 0. The van der Waals surface area contributed by atoms with Gasteiger partial charge in [0.05, 0.1) is 23.8 Å². The maximum absolute atomic E-state index is 4.73. The van der Waals surface area contributed by atoms with Crippen molar-refractivity contribution in [2.75, 3.05) is 0 Å². The van der Waals surface area contributed by atoms with Gasteiger partial charge in [-0.25, -0.2) is 0 Å². The number of benzene rings is 1. The van der Waals surface area contributed by atoms with Gasteiger partial charge in [0.2, 0.25) is 0 Å². The van der Waals surface area contributed by atoms with Crippen LogP contribution in [0.5, 0.6) is 0 Å². The zero-order chi connectivity index (χ0) is 15.4. The Labute approximate surface area is 143 Å². The second kappa shape index (κ2) is 8.19. The van der Waals surface area contributed by atoms with Gasteiger partial charge < -0.3 is 0 Å². The minimum absolute atomic E-state index is 0. The molecule has 1 heterocycles. The molecule has 120 valence electrons. The normalized spacial score (nSPS) is 11.2. The summed E-state index contributed by atoms with van der Waals surface area (Å²) in [5, 5.41) is 0. The van der Waals surface area contributed by atoms with E-state index in [1.807, 2.05) is 0 Å². The van der Waals surface area contributed by atoms with Crippen molar-refractivity contribution in [3.05, 3.63) is 53.1 Å². The molecule has 0 saturated carbocycles. The molecule has 0 unspecified atom stereocenters. The van der Waals surface area contributed by atoms with Gasteiger partial charge in [-0.1, -0.05) is 45.4 Å². The van der Waals surface area contributed by atoms with Gasteiger partial charge >= 0.3 is 0 Å². The van der Waals surface area contributed by atoms with Crippen LogP contribution in [-0.2, 0) is 16.5 Å². The van der Waals surface area contributed by atoms with Crippen LogP contribution in [0.15, 0.2) is 35.7 Å². The van der Waals surface area contributed by atoms with E-state index in [0.29, 0.717) is 11.8 Å². The molecule has 0 spiro atoms. The van der Waals surface area contributed by atoms with E-state index in [-0.39, 0.29) is 16.5 Å². The topological polar surface area (TPSA) is 38.1 Å². The summed E-state index contributed by atoms with van der Waals surface area (Å²) >= 11 is 0. The standard InChI is InChI=1S/C18H23N3.Ni/c1-12(2)16-8-14(5)9-17(13(3)4)18(16)21-11-15-10-19-6-7-20-15;/h6-13H,1-5H3;. The molecule has 3 nitrogen and oxygen atoms in total. The predicted octanol–water partition coefficient (Wildman–Crippen LogP) is 4.78. The van der Waals surface area contributed by atoms with Gasteiger partial charge in [0.1, 0.15) is 0 Å². The fourth-order valence-corrected chi connectivity index (χ4v) is 2.37. The van der Waals surface area contributed by atoms with Crippen LogP contribution in [0.2, 0.25) is 0 Å². The number of nitrogens with zero attached hydrogens (tertiary/aromatic N) is 3. The first-order valence-electron chi connectivity index (χ1n) is 7.43. The Kier molecular flexibility index (Phi) is 6.89. The number of aryl methyl sites for hydroxylation is 1. The number of hydrogen-bond donors (Lipinski definition) is 0. The van der Waals surface area contributed by atoms with Crippen LogP contribution in [0.4, 0.5) is 5.69 Å². The molecule has 0 aliphatic rings. The van der Waals surface area contributed by atoms with Gasteiger partial charge in [0.15, 0.2) is 0 Å². The van der Waals surface area contributed by atoms with E-state index < -0.39 is 0 Å². The van der Waals surface area contributed by atoms with Crippen molar-refractivity contribution < 1.29 is 16.5 Å². The summed E-state index contributed by atoms with van der Waals surface area (Å²) in [7, 11) is 0. The smallest absolute Gasteiger partial charge is 0.0995 e. The Bertz CT molecular complexity index is 605. The Balaban J connectivity index is 0.00000242. The maximum atomic E-state index is 4.73. The third-order valence-electron chi connectivity index (χ3n) is 3.47. The molecule has 1 aromatic carbocycles. The summed E-state index contributed by atoms with van der Waals surface area (Å²) in [6.45, 7) is 11.0. The van der Waals surface area contributed by atoms with Crippen LogP contribution in [0, 0.1) is 6.92 Å². The van der Waals surface area contributed by atoms with Crippen molar-refractivity contribution in [2.24, 2.45) is 4.99 Å². The van der Waals surface area contributed by atoms with E-state index in [2.05, 4.69) is 56.7 Å². The van der Waals surface area contributed by atoms with Crippen molar-refractivity contribution in [1.29, 1.82) is 0 Å². The molecule has 2 rings (SSSR count). The zero-order valence-corrected chi connectivity index (χ0v) is 14.8. The number of aliphatic imine (C=N–C) groups is 1. The zero-order valence-electron chi connectivity index (χ0n) is 13.8. The monoisotopic (exact) mass is 339 g/mol. The molecule has 0 atom stereocenters. The molecule has 22 heavy (non-hydrogen) atoms. The fraction of sp³-hybridized carbons (Fsp3) is 0.389. The SMILES string of the molecule is Cc1cc(C(C)C)c(N=Cc2cnccn2)c(C(C)C)c1.[Ni]. The number of rotatable bonds is 4. The first kappa shape index (κ1) is 18.5.